The number of nitrogens with zero attached hydrogens (tertiary/aromatic N) is 2. The van der Waals surface area contributed by atoms with Gasteiger partial charge in [0.1, 0.15) is 6.61 Å². The van der Waals surface area contributed by atoms with Gasteiger partial charge in [0.15, 0.2) is 5.75 Å². The zero-order valence-electron chi connectivity index (χ0n) is 16.7. The zero-order chi connectivity index (χ0) is 20.5. The Balaban J connectivity index is 1.83. The summed E-state index contributed by atoms with van der Waals surface area (Å²) in [6, 6.07) is 11.4. The van der Waals surface area contributed by atoms with Crippen LogP contribution in [-0.4, -0.2) is 28.6 Å². The molecule has 0 fully saturated rings. The zero-order valence-corrected chi connectivity index (χ0v) is 16.7. The molecule has 2 aliphatic heterocycles. The minimum Gasteiger partial charge on any atom is -0.337 e. The fraction of sp³-hybridized carbons (Fsp3) is 0.318. The number of anilines is 1. The molecule has 7 heteroatoms. The van der Waals surface area contributed by atoms with Crippen LogP contribution in [0.5, 0.6) is 5.75 Å². The van der Waals surface area contributed by atoms with Crippen LogP contribution < -0.4 is 10.2 Å². The van der Waals surface area contributed by atoms with E-state index in [1.54, 1.807) is 5.01 Å². The minimum atomic E-state index is -0.126. The Kier molecular flexibility index (Phi) is 5.07. The van der Waals surface area contributed by atoms with Crippen LogP contribution in [0, 0.1) is 0 Å². The van der Waals surface area contributed by atoms with E-state index in [1.165, 1.54) is 6.92 Å². The Morgan fingerprint density at radius 1 is 1.21 bits per heavy atom. The molecule has 2 aromatic rings. The molecule has 2 aromatic carbocycles. The van der Waals surface area contributed by atoms with Gasteiger partial charge in [0.05, 0.1) is 11.8 Å². The summed E-state index contributed by atoms with van der Waals surface area (Å²) in [7, 11) is 0. The van der Waals surface area contributed by atoms with E-state index in [2.05, 4.69) is 5.32 Å². The molecule has 29 heavy (non-hydrogen) atoms. The van der Waals surface area contributed by atoms with E-state index in [4.69, 9.17) is 14.9 Å². The van der Waals surface area contributed by atoms with Crippen molar-refractivity contribution < 1.29 is 19.4 Å². The molecule has 2 amide bonds. The van der Waals surface area contributed by atoms with Crippen molar-refractivity contribution in [2.75, 3.05) is 5.32 Å². The Bertz CT molecular complexity index is 998. The quantitative estimate of drug-likeness (QED) is 0.811. The monoisotopic (exact) mass is 393 g/mol. The number of nitrogens with one attached hydrogen (secondary N) is 1. The number of benzene rings is 2. The van der Waals surface area contributed by atoms with E-state index in [1.807, 2.05) is 50.2 Å². The molecule has 0 aromatic heterocycles. The van der Waals surface area contributed by atoms with Crippen molar-refractivity contribution in [3.8, 4) is 5.75 Å². The van der Waals surface area contributed by atoms with Gasteiger partial charge in [-0.1, -0.05) is 19.1 Å². The Morgan fingerprint density at radius 2 is 1.97 bits per heavy atom. The van der Waals surface area contributed by atoms with Crippen LogP contribution in [0.15, 0.2) is 41.5 Å². The summed E-state index contributed by atoms with van der Waals surface area (Å²) in [5.74, 6) is 0.565. The number of amides is 2. The lowest BCUT2D eigenvalue weighted by molar-refractivity contribution is -0.194. The molecule has 150 valence electrons. The first-order valence-corrected chi connectivity index (χ1v) is 9.70. The normalized spacial score (nSPS) is 17.6. The molecular formula is C22H23N3O4. The van der Waals surface area contributed by atoms with Gasteiger partial charge >= 0.3 is 0 Å². The molecule has 0 saturated carbocycles. The van der Waals surface area contributed by atoms with Gasteiger partial charge in [-0.05, 0) is 43.2 Å². The van der Waals surface area contributed by atoms with Crippen molar-refractivity contribution in [1.82, 2.24) is 5.01 Å². The molecule has 0 bridgehead atoms. The maximum absolute atomic E-state index is 12.6. The van der Waals surface area contributed by atoms with E-state index < -0.39 is 0 Å². The fourth-order valence-corrected chi connectivity index (χ4v) is 3.66. The molecule has 0 saturated heterocycles. The van der Waals surface area contributed by atoms with E-state index >= 15 is 0 Å². The van der Waals surface area contributed by atoms with Gasteiger partial charge in [-0.3, -0.25) is 9.59 Å². The smallest absolute Gasteiger partial charge is 0.242 e. The number of hydrogen-bond acceptors (Lipinski definition) is 5. The molecule has 1 N–H and O–H groups in total. The number of hydrogen-bond donors (Lipinski definition) is 1. The van der Waals surface area contributed by atoms with Crippen LogP contribution in [0.1, 0.15) is 49.4 Å². The van der Waals surface area contributed by atoms with Gasteiger partial charge in [-0.15, -0.1) is 0 Å². The molecule has 4 rings (SSSR count). The molecular weight excluding hydrogens is 370 g/mol. The Morgan fingerprint density at radius 3 is 2.66 bits per heavy atom. The summed E-state index contributed by atoms with van der Waals surface area (Å²) in [5, 5.41) is 9.14. The third-order valence-electron chi connectivity index (χ3n) is 5.08. The minimum absolute atomic E-state index is 0.0233. The summed E-state index contributed by atoms with van der Waals surface area (Å²) in [5.41, 5.74) is 5.26. The van der Waals surface area contributed by atoms with E-state index in [0.29, 0.717) is 30.9 Å². The van der Waals surface area contributed by atoms with Gasteiger partial charge in [0, 0.05) is 35.7 Å². The largest absolute Gasteiger partial charge is 0.337 e. The molecule has 0 aliphatic carbocycles. The van der Waals surface area contributed by atoms with Crippen LogP contribution in [0.4, 0.5) is 5.69 Å². The molecule has 2 aliphatic rings. The fourth-order valence-electron chi connectivity index (χ4n) is 3.66. The highest BCUT2D eigenvalue weighted by Crippen LogP contribution is 2.33. The van der Waals surface area contributed by atoms with E-state index in [0.717, 1.165) is 28.0 Å². The second-order valence-corrected chi connectivity index (χ2v) is 7.31. The van der Waals surface area contributed by atoms with Crippen molar-refractivity contribution in [3.63, 3.8) is 0 Å². The average molecular weight is 393 g/mol. The summed E-state index contributed by atoms with van der Waals surface area (Å²) in [6.07, 6.45) is 1.04. The van der Waals surface area contributed by atoms with Crippen LogP contribution in [0.3, 0.4) is 0 Å². The highest BCUT2D eigenvalue weighted by molar-refractivity contribution is 6.14. The van der Waals surface area contributed by atoms with Crippen molar-refractivity contribution in [2.45, 2.75) is 46.3 Å². The lowest BCUT2D eigenvalue weighted by atomic mass is 9.92. The lowest BCUT2D eigenvalue weighted by Gasteiger charge is -2.22. The van der Waals surface area contributed by atoms with Crippen molar-refractivity contribution in [2.24, 2.45) is 5.10 Å². The highest BCUT2D eigenvalue weighted by Gasteiger charge is 2.29. The second-order valence-electron chi connectivity index (χ2n) is 7.31. The highest BCUT2D eigenvalue weighted by atomic mass is 17.2. The summed E-state index contributed by atoms with van der Waals surface area (Å²) < 4.78 is 0. The molecule has 1 unspecified atom stereocenters. The summed E-state index contributed by atoms with van der Waals surface area (Å²) in [4.78, 5) is 34.3. The summed E-state index contributed by atoms with van der Waals surface area (Å²) in [6.45, 7) is 5.68. The van der Waals surface area contributed by atoms with E-state index in [9.17, 15) is 9.59 Å². The third-order valence-corrected chi connectivity index (χ3v) is 5.08. The third kappa shape index (κ3) is 3.73. The molecule has 0 radical (unpaired) electrons. The molecule has 1 atom stereocenters. The van der Waals surface area contributed by atoms with Gasteiger partial charge in [0.25, 0.3) is 0 Å². The number of carbonyl (C=O) groups is 2. The Hall–Kier alpha value is -3.19. The molecule has 2 heterocycles. The summed E-state index contributed by atoms with van der Waals surface area (Å²) >= 11 is 0. The van der Waals surface area contributed by atoms with Crippen molar-refractivity contribution >= 4 is 23.2 Å². The first kappa shape index (κ1) is 19.1. The van der Waals surface area contributed by atoms with Gasteiger partial charge in [-0.25, -0.2) is 5.01 Å². The maximum Gasteiger partial charge on any atom is 0.242 e. The van der Waals surface area contributed by atoms with Gasteiger partial charge in [0.2, 0.25) is 11.8 Å². The topological polar surface area (TPSA) is 80.2 Å². The Labute approximate surface area is 169 Å². The van der Waals surface area contributed by atoms with E-state index in [-0.39, 0.29) is 17.9 Å². The predicted molar refractivity (Wildman–Crippen MR) is 109 cm³/mol. The maximum atomic E-state index is 12.6. The first-order chi connectivity index (χ1) is 14.0. The second kappa shape index (κ2) is 7.67. The number of rotatable bonds is 3. The first-order valence-electron chi connectivity index (χ1n) is 9.70. The number of hydrazone groups is 1. The van der Waals surface area contributed by atoms with Gasteiger partial charge in [-0.2, -0.15) is 9.99 Å². The molecule has 0 spiro atoms. The van der Waals surface area contributed by atoms with Crippen molar-refractivity contribution in [1.29, 1.82) is 0 Å². The van der Waals surface area contributed by atoms with Crippen LogP contribution in [0.2, 0.25) is 0 Å². The van der Waals surface area contributed by atoms with Crippen LogP contribution >= 0.6 is 0 Å². The van der Waals surface area contributed by atoms with Crippen LogP contribution in [-0.2, 0) is 27.5 Å². The lowest BCUT2D eigenvalue weighted by Crippen LogP contribution is -2.34. The number of carbonyl (C=O) groups excluding carboxylic acids is 2. The standard InChI is InChI=1S/C22H23N3O4/c1-4-21(27)25-13(2)9-16-11-20-17(12-28-29-20)10-19(16)22(24-25)15-5-7-18(8-6-15)23-14(3)26/h5-8,10-11,13H,4,9,12H2,1-3H3,(H,23,26). The number of fused-ring (bicyclic) bond motifs is 2. The predicted octanol–water partition coefficient (Wildman–Crippen LogP) is 3.40. The van der Waals surface area contributed by atoms with Gasteiger partial charge < -0.3 is 10.2 Å². The van der Waals surface area contributed by atoms with Crippen LogP contribution in [0.25, 0.3) is 0 Å². The SMILES string of the molecule is CCC(=O)N1N=C(c2ccc(NC(C)=O)cc2)c2cc3c(cc2CC1C)OOC3. The van der Waals surface area contributed by atoms with Crippen molar-refractivity contribution in [3.05, 3.63) is 58.7 Å². The average Bonchev–Trinajstić information content (AvgIpc) is 3.10. The molecule has 7 nitrogen and oxygen atoms in total.